The average Bonchev–Trinajstić information content (AvgIpc) is 2.96. The van der Waals surface area contributed by atoms with Crippen LogP contribution in [0.3, 0.4) is 0 Å². The van der Waals surface area contributed by atoms with Gasteiger partial charge in [0.25, 0.3) is 5.91 Å². The minimum absolute atomic E-state index is 0.0470. The van der Waals surface area contributed by atoms with Crippen molar-refractivity contribution in [3.05, 3.63) is 41.8 Å². The van der Waals surface area contributed by atoms with Crippen molar-refractivity contribution in [1.82, 2.24) is 10.5 Å². The van der Waals surface area contributed by atoms with Crippen LogP contribution in [0.2, 0.25) is 0 Å². The van der Waals surface area contributed by atoms with Crippen molar-refractivity contribution in [3.8, 4) is 11.3 Å². The molecule has 1 atom stereocenters. The third-order valence-electron chi connectivity index (χ3n) is 2.73. The van der Waals surface area contributed by atoms with Gasteiger partial charge in [0.15, 0.2) is 11.5 Å². The fourth-order valence-electron chi connectivity index (χ4n) is 1.68. The Morgan fingerprint density at radius 1 is 1.48 bits per heavy atom. The Labute approximate surface area is 120 Å². The SMILES string of the molecule is COCC(O)CNC(=O)c1cc(-c2ccc(F)cc2)on1. The number of nitrogens with zero attached hydrogens (tertiary/aromatic N) is 1. The molecule has 1 unspecified atom stereocenters. The van der Waals surface area contributed by atoms with E-state index in [1.165, 1.54) is 37.4 Å². The zero-order valence-corrected chi connectivity index (χ0v) is 11.4. The Morgan fingerprint density at radius 3 is 2.86 bits per heavy atom. The third-order valence-corrected chi connectivity index (χ3v) is 2.73. The van der Waals surface area contributed by atoms with Crippen molar-refractivity contribution in [2.45, 2.75) is 6.10 Å². The largest absolute Gasteiger partial charge is 0.389 e. The van der Waals surface area contributed by atoms with Crippen LogP contribution in [0.5, 0.6) is 0 Å². The van der Waals surface area contributed by atoms with Gasteiger partial charge in [0.1, 0.15) is 5.82 Å². The van der Waals surface area contributed by atoms with E-state index in [1.807, 2.05) is 0 Å². The highest BCUT2D eigenvalue weighted by molar-refractivity contribution is 5.93. The van der Waals surface area contributed by atoms with Crippen molar-refractivity contribution >= 4 is 5.91 Å². The van der Waals surface area contributed by atoms with E-state index in [1.54, 1.807) is 0 Å². The Bertz CT molecular complexity index is 597. The van der Waals surface area contributed by atoms with E-state index in [2.05, 4.69) is 10.5 Å². The minimum Gasteiger partial charge on any atom is -0.389 e. The molecule has 7 heteroatoms. The number of hydrogen-bond donors (Lipinski definition) is 2. The van der Waals surface area contributed by atoms with Gasteiger partial charge in [-0.2, -0.15) is 0 Å². The van der Waals surface area contributed by atoms with Crippen LogP contribution >= 0.6 is 0 Å². The van der Waals surface area contributed by atoms with Gasteiger partial charge in [-0.3, -0.25) is 4.79 Å². The Balaban J connectivity index is 1.99. The number of halogens is 1. The van der Waals surface area contributed by atoms with Gasteiger partial charge in [-0.05, 0) is 24.3 Å². The van der Waals surface area contributed by atoms with Gasteiger partial charge in [0.2, 0.25) is 0 Å². The summed E-state index contributed by atoms with van der Waals surface area (Å²) in [6, 6.07) is 7.09. The third kappa shape index (κ3) is 4.11. The van der Waals surface area contributed by atoms with Crippen LogP contribution in [-0.4, -0.2) is 42.5 Å². The van der Waals surface area contributed by atoms with Crippen molar-refractivity contribution in [2.75, 3.05) is 20.3 Å². The fourth-order valence-corrected chi connectivity index (χ4v) is 1.68. The summed E-state index contributed by atoms with van der Waals surface area (Å²) in [5.74, 6) is -0.469. The molecule has 0 fully saturated rings. The number of carbonyl (C=O) groups excluding carboxylic acids is 1. The van der Waals surface area contributed by atoms with Crippen LogP contribution in [0, 0.1) is 5.82 Å². The number of nitrogens with one attached hydrogen (secondary N) is 1. The second kappa shape index (κ2) is 6.96. The van der Waals surface area contributed by atoms with Gasteiger partial charge >= 0.3 is 0 Å². The summed E-state index contributed by atoms with van der Waals surface area (Å²) in [5, 5.41) is 15.6. The van der Waals surface area contributed by atoms with E-state index in [4.69, 9.17) is 9.26 Å². The average molecular weight is 294 g/mol. The molecule has 0 saturated carbocycles. The molecule has 0 aliphatic carbocycles. The number of hydrogen-bond acceptors (Lipinski definition) is 5. The van der Waals surface area contributed by atoms with Gasteiger partial charge in [0, 0.05) is 25.3 Å². The molecule has 0 bridgehead atoms. The van der Waals surface area contributed by atoms with Crippen LogP contribution in [0.15, 0.2) is 34.9 Å². The number of aromatic nitrogens is 1. The second-order valence-corrected chi connectivity index (χ2v) is 4.40. The van der Waals surface area contributed by atoms with Crippen LogP contribution in [0.1, 0.15) is 10.5 Å². The lowest BCUT2D eigenvalue weighted by atomic mass is 10.1. The summed E-state index contributed by atoms with van der Waals surface area (Å²) in [7, 11) is 1.46. The van der Waals surface area contributed by atoms with Crippen molar-refractivity contribution < 1.29 is 23.6 Å². The predicted molar refractivity (Wildman–Crippen MR) is 72.1 cm³/mol. The van der Waals surface area contributed by atoms with Gasteiger partial charge in [-0.1, -0.05) is 5.16 Å². The van der Waals surface area contributed by atoms with E-state index >= 15 is 0 Å². The van der Waals surface area contributed by atoms with Crippen molar-refractivity contribution in [2.24, 2.45) is 0 Å². The number of ether oxygens (including phenoxy) is 1. The van der Waals surface area contributed by atoms with Crippen molar-refractivity contribution in [1.29, 1.82) is 0 Å². The van der Waals surface area contributed by atoms with E-state index in [0.29, 0.717) is 11.3 Å². The standard InChI is InChI=1S/C14H15FN2O4/c1-20-8-11(18)7-16-14(19)12-6-13(21-17-12)9-2-4-10(15)5-3-9/h2-6,11,18H,7-8H2,1H3,(H,16,19). The number of aliphatic hydroxyl groups is 1. The quantitative estimate of drug-likeness (QED) is 0.836. The highest BCUT2D eigenvalue weighted by atomic mass is 19.1. The molecule has 0 saturated heterocycles. The van der Waals surface area contributed by atoms with Crippen LogP contribution in [0.4, 0.5) is 4.39 Å². The highest BCUT2D eigenvalue weighted by Crippen LogP contribution is 2.20. The topological polar surface area (TPSA) is 84.6 Å². The number of rotatable bonds is 6. The van der Waals surface area contributed by atoms with Gasteiger partial charge < -0.3 is 19.7 Å². The zero-order chi connectivity index (χ0) is 15.2. The first-order chi connectivity index (χ1) is 10.1. The lowest BCUT2D eigenvalue weighted by Gasteiger charge is -2.09. The molecule has 0 aliphatic rings. The minimum atomic E-state index is -0.789. The summed E-state index contributed by atoms with van der Waals surface area (Å²) >= 11 is 0. The number of methoxy groups -OCH3 is 1. The number of benzene rings is 1. The molecule has 1 amide bonds. The number of amides is 1. The first kappa shape index (κ1) is 15.1. The fraction of sp³-hybridized carbons (Fsp3) is 0.286. The first-order valence-corrected chi connectivity index (χ1v) is 6.28. The molecule has 0 radical (unpaired) electrons. The Hall–Kier alpha value is -2.25. The van der Waals surface area contributed by atoms with Crippen LogP contribution < -0.4 is 5.32 Å². The molecule has 1 heterocycles. The Morgan fingerprint density at radius 2 is 2.19 bits per heavy atom. The summed E-state index contributed by atoms with van der Waals surface area (Å²) in [6.45, 7) is 0.172. The molecule has 2 N–H and O–H groups in total. The Kier molecular flexibility index (Phi) is 5.02. The smallest absolute Gasteiger partial charge is 0.273 e. The van der Waals surface area contributed by atoms with Crippen LogP contribution in [-0.2, 0) is 4.74 Å². The molecule has 1 aromatic heterocycles. The summed E-state index contributed by atoms with van der Waals surface area (Å²) in [5.41, 5.74) is 0.696. The zero-order valence-electron chi connectivity index (χ0n) is 11.4. The summed E-state index contributed by atoms with van der Waals surface area (Å²) in [6.07, 6.45) is -0.789. The maximum absolute atomic E-state index is 12.8. The summed E-state index contributed by atoms with van der Waals surface area (Å²) < 4.78 is 22.6. The molecule has 2 aromatic rings. The van der Waals surface area contributed by atoms with E-state index in [-0.39, 0.29) is 24.7 Å². The van der Waals surface area contributed by atoms with E-state index in [0.717, 1.165) is 0 Å². The van der Waals surface area contributed by atoms with Crippen LogP contribution in [0.25, 0.3) is 11.3 Å². The second-order valence-electron chi connectivity index (χ2n) is 4.40. The first-order valence-electron chi connectivity index (χ1n) is 6.28. The molecule has 1 aromatic carbocycles. The number of carbonyl (C=O) groups is 1. The molecular formula is C14H15FN2O4. The maximum atomic E-state index is 12.8. The highest BCUT2D eigenvalue weighted by Gasteiger charge is 2.14. The summed E-state index contributed by atoms with van der Waals surface area (Å²) in [4.78, 5) is 11.8. The maximum Gasteiger partial charge on any atom is 0.273 e. The van der Waals surface area contributed by atoms with E-state index < -0.39 is 12.0 Å². The monoisotopic (exact) mass is 294 g/mol. The molecule has 21 heavy (non-hydrogen) atoms. The van der Waals surface area contributed by atoms with Gasteiger partial charge in [-0.25, -0.2) is 4.39 Å². The van der Waals surface area contributed by atoms with Gasteiger partial charge in [-0.15, -0.1) is 0 Å². The molecule has 2 rings (SSSR count). The molecule has 6 nitrogen and oxygen atoms in total. The molecular weight excluding hydrogens is 279 g/mol. The molecule has 0 spiro atoms. The molecule has 112 valence electrons. The number of aliphatic hydroxyl groups excluding tert-OH is 1. The lowest BCUT2D eigenvalue weighted by molar-refractivity contribution is 0.0607. The normalized spacial score (nSPS) is 12.1. The predicted octanol–water partition coefficient (Wildman–Crippen LogP) is 1.22. The lowest BCUT2D eigenvalue weighted by Crippen LogP contribution is -2.34. The molecule has 0 aliphatic heterocycles. The van der Waals surface area contributed by atoms with Crippen molar-refractivity contribution in [3.63, 3.8) is 0 Å². The van der Waals surface area contributed by atoms with E-state index in [9.17, 15) is 14.3 Å². The van der Waals surface area contributed by atoms with Gasteiger partial charge in [0.05, 0.1) is 12.7 Å².